The first kappa shape index (κ1) is 15.6. The van der Waals surface area contributed by atoms with Gasteiger partial charge in [-0.15, -0.1) is 0 Å². The second-order valence-corrected chi connectivity index (χ2v) is 7.23. The van der Waals surface area contributed by atoms with Crippen molar-refractivity contribution in [2.24, 2.45) is 5.92 Å². The molecular weight excluding hydrogens is 300 g/mol. The van der Waals surface area contributed by atoms with Crippen LogP contribution >= 0.6 is 0 Å². The fourth-order valence-corrected chi connectivity index (χ4v) is 4.16. The molecule has 1 N–H and O–H groups in total. The van der Waals surface area contributed by atoms with E-state index in [0.29, 0.717) is 19.1 Å². The molecule has 1 amide bonds. The minimum atomic E-state index is -0.149. The van der Waals surface area contributed by atoms with Crippen LogP contribution in [0.1, 0.15) is 49.8 Å². The zero-order valence-electron chi connectivity index (χ0n) is 14.2. The topological polar surface area (TPSA) is 45.3 Å². The largest absolute Gasteiger partial charge is 0.449 e. The Labute approximate surface area is 143 Å². The van der Waals surface area contributed by atoms with Gasteiger partial charge in [-0.25, -0.2) is 4.79 Å². The van der Waals surface area contributed by atoms with Crippen molar-refractivity contribution < 1.29 is 9.53 Å². The molecule has 0 bridgehead atoms. The number of hydrogen-bond acceptors (Lipinski definition) is 2. The fraction of sp³-hybridized carbons (Fsp3) is 0.550. The Balaban J connectivity index is 1.38. The van der Waals surface area contributed by atoms with Crippen LogP contribution in [0, 0.1) is 5.92 Å². The molecular formula is C20H26N2O2. The van der Waals surface area contributed by atoms with Crippen LogP contribution in [0.2, 0.25) is 0 Å². The van der Waals surface area contributed by atoms with Gasteiger partial charge in [-0.05, 0) is 36.8 Å². The molecule has 0 spiro atoms. The molecule has 2 heterocycles. The number of amides is 1. The van der Waals surface area contributed by atoms with Crippen molar-refractivity contribution in [1.82, 2.24) is 9.88 Å². The lowest BCUT2D eigenvalue weighted by Gasteiger charge is -2.27. The number of aromatic nitrogens is 1. The summed E-state index contributed by atoms with van der Waals surface area (Å²) in [5.74, 6) is 0.560. The van der Waals surface area contributed by atoms with Gasteiger partial charge in [0.1, 0.15) is 0 Å². The van der Waals surface area contributed by atoms with E-state index >= 15 is 0 Å². The second-order valence-electron chi connectivity index (χ2n) is 7.23. The molecule has 1 aliphatic heterocycles. The maximum absolute atomic E-state index is 12.4. The van der Waals surface area contributed by atoms with Gasteiger partial charge in [-0.1, -0.05) is 43.9 Å². The highest BCUT2D eigenvalue weighted by atomic mass is 16.6. The van der Waals surface area contributed by atoms with Crippen LogP contribution in [0.4, 0.5) is 4.79 Å². The van der Waals surface area contributed by atoms with Crippen LogP contribution in [0.15, 0.2) is 24.3 Å². The highest BCUT2D eigenvalue weighted by molar-refractivity contribution is 5.85. The number of H-pyrrole nitrogens is 1. The third-order valence-corrected chi connectivity index (χ3v) is 5.56. The number of carbonyl (C=O) groups is 1. The molecule has 1 fully saturated rings. The lowest BCUT2D eigenvalue weighted by molar-refractivity contribution is 0.0805. The Hall–Kier alpha value is -1.97. The highest BCUT2D eigenvalue weighted by Crippen LogP contribution is 2.28. The number of nitrogens with zero attached hydrogens (tertiary/aromatic N) is 1. The number of benzene rings is 1. The summed E-state index contributed by atoms with van der Waals surface area (Å²) in [5.41, 5.74) is 3.68. The minimum Gasteiger partial charge on any atom is -0.449 e. The predicted molar refractivity (Wildman–Crippen MR) is 95.0 cm³/mol. The fourth-order valence-electron chi connectivity index (χ4n) is 4.16. The molecule has 4 nitrogen and oxygen atoms in total. The molecule has 1 aromatic heterocycles. The molecule has 0 atom stereocenters. The quantitative estimate of drug-likeness (QED) is 0.818. The van der Waals surface area contributed by atoms with Gasteiger partial charge in [0.15, 0.2) is 0 Å². The van der Waals surface area contributed by atoms with E-state index in [2.05, 4.69) is 23.2 Å². The molecule has 1 aromatic carbocycles. The van der Waals surface area contributed by atoms with Crippen LogP contribution in [0.3, 0.4) is 0 Å². The molecule has 4 heteroatoms. The first-order valence-electron chi connectivity index (χ1n) is 9.31. The Bertz CT molecular complexity index is 713. The van der Waals surface area contributed by atoms with E-state index in [0.717, 1.165) is 24.2 Å². The summed E-state index contributed by atoms with van der Waals surface area (Å²) in [7, 11) is 0. The maximum Gasteiger partial charge on any atom is 0.410 e. The van der Waals surface area contributed by atoms with E-state index in [9.17, 15) is 4.79 Å². The van der Waals surface area contributed by atoms with E-state index in [-0.39, 0.29) is 6.09 Å². The van der Waals surface area contributed by atoms with Gasteiger partial charge in [-0.3, -0.25) is 0 Å². The number of carbonyl (C=O) groups excluding carboxylic acids is 1. The van der Waals surface area contributed by atoms with Crippen LogP contribution in [-0.4, -0.2) is 29.1 Å². The summed E-state index contributed by atoms with van der Waals surface area (Å²) in [6, 6.07) is 8.37. The summed E-state index contributed by atoms with van der Waals surface area (Å²) < 4.78 is 5.64. The van der Waals surface area contributed by atoms with Crippen LogP contribution in [0.5, 0.6) is 0 Å². The predicted octanol–water partition coefficient (Wildman–Crippen LogP) is 4.63. The monoisotopic (exact) mass is 326 g/mol. The molecule has 1 saturated carbocycles. The summed E-state index contributed by atoms with van der Waals surface area (Å²) in [5, 5.41) is 1.29. The maximum atomic E-state index is 12.4. The van der Waals surface area contributed by atoms with E-state index in [1.807, 2.05) is 11.0 Å². The van der Waals surface area contributed by atoms with E-state index in [4.69, 9.17) is 4.74 Å². The molecule has 0 saturated heterocycles. The number of nitrogens with one attached hydrogen (secondary N) is 1. The van der Waals surface area contributed by atoms with Gasteiger partial charge in [0.25, 0.3) is 0 Å². The zero-order chi connectivity index (χ0) is 16.4. The molecule has 0 radical (unpaired) electrons. The van der Waals surface area contributed by atoms with Crippen LogP contribution in [-0.2, 0) is 17.7 Å². The minimum absolute atomic E-state index is 0.149. The van der Waals surface area contributed by atoms with Gasteiger partial charge in [0.2, 0.25) is 0 Å². The van der Waals surface area contributed by atoms with Crippen LogP contribution < -0.4 is 0 Å². The third kappa shape index (κ3) is 3.14. The van der Waals surface area contributed by atoms with Crippen molar-refractivity contribution >= 4 is 17.0 Å². The number of rotatable bonds is 2. The van der Waals surface area contributed by atoms with E-state index in [1.54, 1.807) is 0 Å². The van der Waals surface area contributed by atoms with Crippen molar-refractivity contribution in [3.63, 3.8) is 0 Å². The van der Waals surface area contributed by atoms with Gasteiger partial charge < -0.3 is 14.6 Å². The molecule has 1 aliphatic carbocycles. The normalized spacial score (nSPS) is 19.1. The van der Waals surface area contributed by atoms with Gasteiger partial charge in [0, 0.05) is 23.1 Å². The molecule has 2 aliphatic rings. The van der Waals surface area contributed by atoms with Gasteiger partial charge in [-0.2, -0.15) is 0 Å². The van der Waals surface area contributed by atoms with Crippen molar-refractivity contribution in [3.8, 4) is 0 Å². The number of aromatic amines is 1. The van der Waals surface area contributed by atoms with Crippen molar-refractivity contribution in [1.29, 1.82) is 0 Å². The molecule has 4 rings (SSSR count). The molecule has 2 aromatic rings. The SMILES string of the molecule is O=C(OCC1CCCCCC1)N1CCc2c([nH]c3ccccc23)C1. The summed E-state index contributed by atoms with van der Waals surface area (Å²) in [4.78, 5) is 17.7. The molecule has 128 valence electrons. The Morgan fingerprint density at radius 1 is 1.17 bits per heavy atom. The number of hydrogen-bond donors (Lipinski definition) is 1. The number of ether oxygens (including phenoxy) is 1. The number of fused-ring (bicyclic) bond motifs is 3. The van der Waals surface area contributed by atoms with Crippen LogP contribution in [0.25, 0.3) is 10.9 Å². The van der Waals surface area contributed by atoms with Crippen molar-refractivity contribution in [2.75, 3.05) is 13.2 Å². The summed E-state index contributed by atoms with van der Waals surface area (Å²) in [6.07, 6.45) is 8.40. The Morgan fingerprint density at radius 3 is 2.79 bits per heavy atom. The zero-order valence-corrected chi connectivity index (χ0v) is 14.2. The molecule has 24 heavy (non-hydrogen) atoms. The third-order valence-electron chi connectivity index (χ3n) is 5.56. The van der Waals surface area contributed by atoms with Gasteiger partial charge >= 0.3 is 6.09 Å². The van der Waals surface area contributed by atoms with E-state index < -0.39 is 0 Å². The lowest BCUT2D eigenvalue weighted by atomic mass is 10.0. The standard InChI is InChI=1S/C20H26N2O2/c23-20(24-14-15-7-3-1-2-4-8-15)22-12-11-17-16-9-5-6-10-18(16)21-19(17)13-22/h5-6,9-10,15,21H,1-4,7-8,11-14H2. The Morgan fingerprint density at radius 2 is 1.96 bits per heavy atom. The smallest absolute Gasteiger partial charge is 0.410 e. The van der Waals surface area contributed by atoms with Gasteiger partial charge in [0.05, 0.1) is 13.2 Å². The Kier molecular flexibility index (Phi) is 4.46. The molecule has 0 unspecified atom stereocenters. The van der Waals surface area contributed by atoms with E-state index in [1.165, 1.54) is 49.5 Å². The average Bonchev–Trinajstić information content (AvgIpc) is 2.78. The highest BCUT2D eigenvalue weighted by Gasteiger charge is 2.25. The number of para-hydroxylation sites is 1. The first-order chi connectivity index (χ1) is 11.8. The first-order valence-corrected chi connectivity index (χ1v) is 9.31. The lowest BCUT2D eigenvalue weighted by Crippen LogP contribution is -2.37. The summed E-state index contributed by atoms with van der Waals surface area (Å²) >= 11 is 0. The van der Waals surface area contributed by atoms with Crippen molar-refractivity contribution in [2.45, 2.75) is 51.5 Å². The average molecular weight is 326 g/mol. The van der Waals surface area contributed by atoms with Crippen molar-refractivity contribution in [3.05, 3.63) is 35.5 Å². The summed E-state index contributed by atoms with van der Waals surface area (Å²) in [6.45, 7) is 1.97. The second kappa shape index (κ2) is 6.88.